The molecule has 0 aromatic rings. The smallest absolute Gasteiger partial charge is 0.406 e. The van der Waals surface area contributed by atoms with Gasteiger partial charge in [0.05, 0.1) is 6.04 Å². The minimum atomic E-state index is -4.40. The summed E-state index contributed by atoms with van der Waals surface area (Å²) in [6.45, 7) is 3.49. The summed E-state index contributed by atoms with van der Waals surface area (Å²) in [4.78, 5) is 13.8. The summed E-state index contributed by atoms with van der Waals surface area (Å²) in [5.41, 5.74) is 0.200. The number of carbonyl (C=O) groups is 1. The van der Waals surface area contributed by atoms with E-state index in [4.69, 9.17) is 0 Å². The first-order valence-corrected chi connectivity index (χ1v) is 4.87. The number of amides is 2. The van der Waals surface area contributed by atoms with Crippen molar-refractivity contribution in [1.29, 1.82) is 0 Å². The molecule has 2 aliphatic rings. The molecule has 4 nitrogen and oxygen atoms in total. The van der Waals surface area contributed by atoms with Gasteiger partial charge in [-0.15, -0.1) is 13.1 Å². The molecule has 100 valence electrons. The van der Waals surface area contributed by atoms with Crippen LogP contribution in [0.5, 0.6) is 0 Å². The molecule has 1 atom stereocenters. The van der Waals surface area contributed by atoms with E-state index in [-0.39, 0.29) is 32.8 Å². The predicted molar refractivity (Wildman–Crippen MR) is 50.9 cm³/mol. The van der Waals surface area contributed by atoms with E-state index in [1.165, 1.54) is 4.90 Å². The number of piperazine rings is 1. The summed E-state index contributed by atoms with van der Waals surface area (Å²) in [7, 11) is 0. The second-order valence-electron chi connectivity index (χ2n) is 3.81. The number of fused-ring (bicyclic) bond motifs is 1. The minimum absolute atomic E-state index is 0. The zero-order chi connectivity index (χ0) is 11.9. The Hall–Kier alpha value is -0.552. The van der Waals surface area contributed by atoms with Crippen molar-refractivity contribution < 1.29 is 39.0 Å². The molecular weight excluding hydrogens is 418 g/mol. The summed E-state index contributed by atoms with van der Waals surface area (Å²) in [6, 6.07) is -0.995. The molecule has 0 spiro atoms. The summed E-state index contributed by atoms with van der Waals surface area (Å²) in [6.07, 6.45) is -4.40. The molecular formula is C9H11F3N3OPt-. The Kier molecular flexibility index (Phi) is 4.25. The van der Waals surface area contributed by atoms with E-state index in [1.54, 1.807) is 0 Å². The standard InChI is InChI=1S/C9H11F3N3O.Pt/c1-6-7-4-13-2-3-14(7)8(16)15(6)5-9(10,11)12;/h7H,1-5H2;/q-1;. The molecule has 0 aromatic heterocycles. The van der Waals surface area contributed by atoms with Crippen LogP contribution in [-0.4, -0.2) is 54.2 Å². The largest absolute Gasteiger partial charge is 0.659 e. The van der Waals surface area contributed by atoms with E-state index in [2.05, 4.69) is 11.9 Å². The molecule has 2 amide bonds. The van der Waals surface area contributed by atoms with E-state index in [9.17, 15) is 18.0 Å². The van der Waals surface area contributed by atoms with Crippen molar-refractivity contribution in [3.63, 3.8) is 0 Å². The van der Waals surface area contributed by atoms with Gasteiger partial charge < -0.3 is 10.2 Å². The second kappa shape index (κ2) is 4.98. The second-order valence-corrected chi connectivity index (χ2v) is 3.81. The molecule has 1 unspecified atom stereocenters. The van der Waals surface area contributed by atoms with Gasteiger partial charge in [0.2, 0.25) is 0 Å². The molecule has 0 N–H and O–H groups in total. The van der Waals surface area contributed by atoms with Crippen molar-refractivity contribution >= 4 is 6.03 Å². The van der Waals surface area contributed by atoms with Gasteiger partial charge in [0, 0.05) is 33.3 Å². The molecule has 0 radical (unpaired) electrons. The minimum Gasteiger partial charge on any atom is -0.659 e. The van der Waals surface area contributed by atoms with Gasteiger partial charge in [-0.1, -0.05) is 6.58 Å². The van der Waals surface area contributed by atoms with Crippen LogP contribution < -0.4 is 0 Å². The van der Waals surface area contributed by atoms with Crippen molar-refractivity contribution in [3.05, 3.63) is 17.6 Å². The van der Waals surface area contributed by atoms with E-state index in [1.807, 2.05) is 0 Å². The van der Waals surface area contributed by atoms with Crippen LogP contribution in [0.2, 0.25) is 0 Å². The molecule has 0 aliphatic carbocycles. The maximum Gasteiger partial charge on any atom is 0.406 e. The quantitative estimate of drug-likeness (QED) is 0.624. The Morgan fingerprint density at radius 1 is 1.47 bits per heavy atom. The van der Waals surface area contributed by atoms with Gasteiger partial charge in [0.25, 0.3) is 0 Å². The number of nitrogens with zero attached hydrogens (tertiary/aromatic N) is 3. The molecule has 8 heteroatoms. The van der Waals surface area contributed by atoms with Crippen LogP contribution in [-0.2, 0) is 21.1 Å². The third-order valence-corrected chi connectivity index (χ3v) is 2.72. The van der Waals surface area contributed by atoms with Crippen LogP contribution >= 0.6 is 0 Å². The van der Waals surface area contributed by atoms with Gasteiger partial charge in [0.1, 0.15) is 6.54 Å². The van der Waals surface area contributed by atoms with Crippen molar-refractivity contribution in [1.82, 2.24) is 9.80 Å². The monoisotopic (exact) mass is 429 g/mol. The predicted octanol–water partition coefficient (Wildman–Crippen LogP) is 1.55. The first-order chi connectivity index (χ1) is 7.40. The maximum absolute atomic E-state index is 12.3. The molecule has 2 saturated heterocycles. The Balaban J connectivity index is 0.00000144. The first-order valence-electron chi connectivity index (χ1n) is 4.87. The van der Waals surface area contributed by atoms with Gasteiger partial charge in [-0.3, -0.25) is 4.90 Å². The zero-order valence-corrected chi connectivity index (χ0v) is 11.1. The van der Waals surface area contributed by atoms with Gasteiger partial charge in [0.15, 0.2) is 0 Å². The fourth-order valence-electron chi connectivity index (χ4n) is 1.97. The van der Waals surface area contributed by atoms with Crippen molar-refractivity contribution in [3.8, 4) is 0 Å². The number of urea groups is 1. The van der Waals surface area contributed by atoms with E-state index in [0.29, 0.717) is 24.5 Å². The molecule has 2 fully saturated rings. The van der Waals surface area contributed by atoms with Gasteiger partial charge in [-0.2, -0.15) is 13.2 Å². The number of hydrogen-bond donors (Lipinski definition) is 0. The molecule has 2 aliphatic heterocycles. The van der Waals surface area contributed by atoms with Gasteiger partial charge >= 0.3 is 12.2 Å². The number of halogens is 3. The van der Waals surface area contributed by atoms with E-state index >= 15 is 0 Å². The molecule has 0 saturated carbocycles. The zero-order valence-electron chi connectivity index (χ0n) is 8.81. The number of alkyl halides is 3. The summed E-state index contributed by atoms with van der Waals surface area (Å²) >= 11 is 0. The molecule has 2 rings (SSSR count). The molecule has 17 heavy (non-hydrogen) atoms. The van der Waals surface area contributed by atoms with Crippen molar-refractivity contribution in [2.24, 2.45) is 0 Å². The van der Waals surface area contributed by atoms with Gasteiger partial charge in [-0.05, 0) is 0 Å². The number of hydrogen-bond acceptors (Lipinski definition) is 1. The summed E-state index contributed by atoms with van der Waals surface area (Å²) < 4.78 is 36.8. The van der Waals surface area contributed by atoms with Crippen molar-refractivity contribution in [2.45, 2.75) is 12.2 Å². The van der Waals surface area contributed by atoms with Crippen molar-refractivity contribution in [2.75, 3.05) is 26.2 Å². The molecule has 0 bridgehead atoms. The van der Waals surface area contributed by atoms with Crippen LogP contribution in [0.3, 0.4) is 0 Å². The Bertz CT molecular complexity index is 310. The third-order valence-electron chi connectivity index (χ3n) is 2.72. The Labute approximate surface area is 111 Å². The van der Waals surface area contributed by atoms with E-state index < -0.39 is 18.8 Å². The number of rotatable bonds is 1. The van der Waals surface area contributed by atoms with Crippen LogP contribution in [0.25, 0.3) is 5.32 Å². The number of carbonyl (C=O) groups excluding carboxylic acids is 1. The average molecular weight is 429 g/mol. The van der Waals surface area contributed by atoms with Crippen LogP contribution in [0, 0.1) is 0 Å². The third kappa shape index (κ3) is 2.83. The normalized spacial score (nSPS) is 24.8. The van der Waals surface area contributed by atoms with Gasteiger partial charge in [-0.25, -0.2) is 4.79 Å². The van der Waals surface area contributed by atoms with Crippen LogP contribution in [0.1, 0.15) is 0 Å². The fraction of sp³-hybridized carbons (Fsp3) is 0.667. The van der Waals surface area contributed by atoms with Crippen LogP contribution in [0.15, 0.2) is 12.3 Å². The fourth-order valence-corrected chi connectivity index (χ4v) is 1.97. The summed E-state index contributed by atoms with van der Waals surface area (Å²) in [5.74, 6) is 0. The molecule has 2 heterocycles. The Morgan fingerprint density at radius 3 is 2.65 bits per heavy atom. The maximum atomic E-state index is 12.3. The SMILES string of the molecule is C=C1C2C[N-]CCN2C(=O)N1CC(F)(F)F.[Pt]. The summed E-state index contributed by atoms with van der Waals surface area (Å²) in [5, 5.41) is 4.07. The average Bonchev–Trinajstić information content (AvgIpc) is 2.43. The topological polar surface area (TPSA) is 37.7 Å². The van der Waals surface area contributed by atoms with E-state index in [0.717, 1.165) is 0 Å². The van der Waals surface area contributed by atoms with Crippen LogP contribution in [0.4, 0.5) is 18.0 Å². The molecule has 0 aromatic carbocycles. The Morgan fingerprint density at radius 2 is 2.12 bits per heavy atom. The first kappa shape index (κ1) is 14.5.